The third-order valence-corrected chi connectivity index (χ3v) is 5.63. The van der Waals surface area contributed by atoms with Gasteiger partial charge in [-0.05, 0) is 49.4 Å². The van der Waals surface area contributed by atoms with E-state index in [1.165, 1.54) is 51.4 Å². The fraction of sp³-hybridized carbons (Fsp3) is 1.00. The molecular weight excluding hydrogens is 240 g/mol. The summed E-state index contributed by atoms with van der Waals surface area (Å²) in [6.07, 6.45) is 10.9. The summed E-state index contributed by atoms with van der Waals surface area (Å²) in [5.74, 6) is 3.47. The van der Waals surface area contributed by atoms with Gasteiger partial charge in [0.15, 0.2) is 0 Å². The predicted octanol–water partition coefficient (Wildman–Crippen LogP) is 6.27. The van der Waals surface area contributed by atoms with E-state index in [0.29, 0.717) is 5.38 Å². The number of alkyl halides is 1. The normalized spacial score (nSPS) is 30.7. The molecule has 0 saturated heterocycles. The van der Waals surface area contributed by atoms with Crippen LogP contribution in [0.5, 0.6) is 0 Å². The lowest BCUT2D eigenvalue weighted by atomic mass is 9.72. The van der Waals surface area contributed by atoms with E-state index < -0.39 is 0 Å². The van der Waals surface area contributed by atoms with Gasteiger partial charge < -0.3 is 0 Å². The van der Waals surface area contributed by atoms with Gasteiger partial charge in [0.05, 0.1) is 0 Å². The molecular formula is C17H33Cl. The third-order valence-electron chi connectivity index (χ3n) is 5.05. The van der Waals surface area contributed by atoms with Crippen molar-refractivity contribution in [3.63, 3.8) is 0 Å². The summed E-state index contributed by atoms with van der Waals surface area (Å²) in [7, 11) is 0. The SMILES string of the molecule is CCCCC(CC)CC1CC(C(C)C)CCC1Cl. The third kappa shape index (κ3) is 5.11. The van der Waals surface area contributed by atoms with Crippen LogP contribution in [0.4, 0.5) is 0 Å². The highest BCUT2D eigenvalue weighted by atomic mass is 35.5. The number of unbranched alkanes of at least 4 members (excludes halogenated alkanes) is 1. The number of hydrogen-bond acceptors (Lipinski definition) is 0. The van der Waals surface area contributed by atoms with Crippen LogP contribution in [0.2, 0.25) is 0 Å². The molecule has 0 aromatic heterocycles. The molecule has 1 rings (SSSR count). The predicted molar refractivity (Wildman–Crippen MR) is 83.2 cm³/mol. The van der Waals surface area contributed by atoms with Crippen molar-refractivity contribution in [2.75, 3.05) is 0 Å². The summed E-state index contributed by atoms with van der Waals surface area (Å²) in [5.41, 5.74) is 0. The molecule has 0 nitrogen and oxygen atoms in total. The highest BCUT2D eigenvalue weighted by Gasteiger charge is 2.31. The zero-order valence-corrected chi connectivity index (χ0v) is 13.7. The van der Waals surface area contributed by atoms with Crippen LogP contribution in [-0.4, -0.2) is 5.38 Å². The van der Waals surface area contributed by atoms with Crippen molar-refractivity contribution in [1.82, 2.24) is 0 Å². The molecule has 0 N–H and O–H groups in total. The summed E-state index contributed by atoms with van der Waals surface area (Å²) < 4.78 is 0. The van der Waals surface area contributed by atoms with Gasteiger partial charge in [0.1, 0.15) is 0 Å². The molecule has 4 atom stereocenters. The monoisotopic (exact) mass is 272 g/mol. The maximum atomic E-state index is 6.59. The lowest BCUT2D eigenvalue weighted by molar-refractivity contribution is 0.187. The van der Waals surface area contributed by atoms with Crippen molar-refractivity contribution in [2.45, 2.75) is 84.4 Å². The first-order valence-corrected chi connectivity index (χ1v) is 8.66. The average Bonchev–Trinajstić information content (AvgIpc) is 2.36. The van der Waals surface area contributed by atoms with Crippen LogP contribution in [0.3, 0.4) is 0 Å². The molecule has 0 aliphatic heterocycles. The van der Waals surface area contributed by atoms with Crippen molar-refractivity contribution in [3.05, 3.63) is 0 Å². The summed E-state index contributed by atoms with van der Waals surface area (Å²) in [6.45, 7) is 9.41. The standard InChI is InChI=1S/C17H33Cl/c1-5-7-8-14(6-2)11-16-12-15(13(3)4)9-10-17(16)18/h13-17H,5-12H2,1-4H3. The van der Waals surface area contributed by atoms with E-state index in [1.54, 1.807) is 0 Å². The Bertz CT molecular complexity index is 212. The maximum absolute atomic E-state index is 6.59. The molecule has 0 aromatic carbocycles. The fourth-order valence-corrected chi connectivity index (χ4v) is 3.85. The van der Waals surface area contributed by atoms with Crippen LogP contribution in [0.15, 0.2) is 0 Å². The zero-order valence-electron chi connectivity index (χ0n) is 12.9. The molecule has 0 aromatic rings. The van der Waals surface area contributed by atoms with Gasteiger partial charge >= 0.3 is 0 Å². The topological polar surface area (TPSA) is 0 Å². The van der Waals surface area contributed by atoms with E-state index in [9.17, 15) is 0 Å². The molecule has 0 heterocycles. The molecule has 108 valence electrons. The molecule has 1 heteroatoms. The first kappa shape index (κ1) is 16.3. The lowest BCUT2D eigenvalue weighted by Crippen LogP contribution is -2.29. The summed E-state index contributed by atoms with van der Waals surface area (Å²) in [5, 5.41) is 0.454. The Balaban J connectivity index is 2.46. The van der Waals surface area contributed by atoms with Crippen LogP contribution < -0.4 is 0 Å². The molecule has 18 heavy (non-hydrogen) atoms. The molecule has 0 amide bonds. The van der Waals surface area contributed by atoms with Gasteiger partial charge in [-0.2, -0.15) is 0 Å². The summed E-state index contributed by atoms with van der Waals surface area (Å²) >= 11 is 6.59. The van der Waals surface area contributed by atoms with Gasteiger partial charge in [0, 0.05) is 5.38 Å². The molecule has 1 aliphatic rings. The van der Waals surface area contributed by atoms with Crippen molar-refractivity contribution < 1.29 is 0 Å². The highest BCUT2D eigenvalue weighted by molar-refractivity contribution is 6.20. The maximum Gasteiger partial charge on any atom is 0.0364 e. The Morgan fingerprint density at radius 3 is 2.44 bits per heavy atom. The van der Waals surface area contributed by atoms with Gasteiger partial charge in [-0.3, -0.25) is 0 Å². The Morgan fingerprint density at radius 1 is 1.17 bits per heavy atom. The highest BCUT2D eigenvalue weighted by Crippen LogP contribution is 2.40. The van der Waals surface area contributed by atoms with Crippen molar-refractivity contribution in [3.8, 4) is 0 Å². The first-order chi connectivity index (χ1) is 8.58. The molecule has 0 bridgehead atoms. The molecule has 4 unspecified atom stereocenters. The van der Waals surface area contributed by atoms with Gasteiger partial charge in [-0.1, -0.05) is 53.4 Å². The number of rotatable bonds is 7. The van der Waals surface area contributed by atoms with Crippen LogP contribution in [0, 0.1) is 23.7 Å². The van der Waals surface area contributed by atoms with Gasteiger partial charge in [0.25, 0.3) is 0 Å². The van der Waals surface area contributed by atoms with E-state index in [2.05, 4.69) is 27.7 Å². The minimum atomic E-state index is 0.454. The van der Waals surface area contributed by atoms with Crippen LogP contribution >= 0.6 is 11.6 Å². The Morgan fingerprint density at radius 2 is 1.89 bits per heavy atom. The Labute approximate surface area is 120 Å². The fourth-order valence-electron chi connectivity index (χ4n) is 3.52. The molecule has 1 aliphatic carbocycles. The first-order valence-electron chi connectivity index (χ1n) is 8.22. The Hall–Kier alpha value is 0.290. The molecule has 0 radical (unpaired) electrons. The van der Waals surface area contributed by atoms with Crippen molar-refractivity contribution in [2.24, 2.45) is 23.7 Å². The smallest absolute Gasteiger partial charge is 0.0364 e. The second-order valence-corrected chi connectivity index (χ2v) is 7.31. The molecule has 1 fully saturated rings. The largest absolute Gasteiger partial charge is 0.123 e. The van der Waals surface area contributed by atoms with E-state index in [0.717, 1.165) is 23.7 Å². The zero-order chi connectivity index (χ0) is 13.5. The van der Waals surface area contributed by atoms with E-state index in [4.69, 9.17) is 11.6 Å². The number of halogens is 1. The lowest BCUT2D eigenvalue weighted by Gasteiger charge is -2.36. The van der Waals surface area contributed by atoms with Crippen LogP contribution in [0.25, 0.3) is 0 Å². The van der Waals surface area contributed by atoms with Crippen LogP contribution in [-0.2, 0) is 0 Å². The average molecular weight is 273 g/mol. The van der Waals surface area contributed by atoms with E-state index in [1.807, 2.05) is 0 Å². The van der Waals surface area contributed by atoms with Crippen molar-refractivity contribution in [1.29, 1.82) is 0 Å². The second kappa shape index (κ2) is 8.46. The quantitative estimate of drug-likeness (QED) is 0.479. The van der Waals surface area contributed by atoms with Gasteiger partial charge in [0.2, 0.25) is 0 Å². The summed E-state index contributed by atoms with van der Waals surface area (Å²) in [6, 6.07) is 0. The minimum Gasteiger partial charge on any atom is -0.123 e. The summed E-state index contributed by atoms with van der Waals surface area (Å²) in [4.78, 5) is 0. The van der Waals surface area contributed by atoms with Crippen LogP contribution in [0.1, 0.15) is 79.1 Å². The second-order valence-electron chi connectivity index (χ2n) is 6.75. The van der Waals surface area contributed by atoms with Crippen molar-refractivity contribution >= 4 is 11.6 Å². The van der Waals surface area contributed by atoms with E-state index in [-0.39, 0.29) is 0 Å². The molecule has 1 saturated carbocycles. The van der Waals surface area contributed by atoms with E-state index >= 15 is 0 Å². The number of hydrogen-bond donors (Lipinski definition) is 0. The Kier molecular flexibility index (Phi) is 7.68. The van der Waals surface area contributed by atoms with Gasteiger partial charge in [-0.25, -0.2) is 0 Å². The van der Waals surface area contributed by atoms with Gasteiger partial charge in [-0.15, -0.1) is 11.6 Å². The minimum absolute atomic E-state index is 0.454. The molecule has 0 spiro atoms.